The molecule has 0 saturated carbocycles. The van der Waals surface area contributed by atoms with Crippen molar-refractivity contribution in [3.63, 3.8) is 0 Å². The molecular formula is C31H44N4O4. The average molecular weight is 537 g/mol. The predicted molar refractivity (Wildman–Crippen MR) is 157 cm³/mol. The molecule has 0 unspecified atom stereocenters. The fourth-order valence-corrected chi connectivity index (χ4v) is 4.40. The van der Waals surface area contributed by atoms with Crippen molar-refractivity contribution in [3.8, 4) is 0 Å². The molecule has 0 spiro atoms. The van der Waals surface area contributed by atoms with Crippen molar-refractivity contribution in [3.05, 3.63) is 59.7 Å². The van der Waals surface area contributed by atoms with Crippen LogP contribution in [0, 0.1) is 0 Å². The quantitative estimate of drug-likeness (QED) is 0.259. The molecule has 0 aliphatic rings. The predicted octanol–water partition coefficient (Wildman–Crippen LogP) is 5.96. The molecule has 0 aliphatic carbocycles. The zero-order chi connectivity index (χ0) is 28.6. The molecule has 0 aromatic heterocycles. The summed E-state index contributed by atoms with van der Waals surface area (Å²) in [5.41, 5.74) is 2.40. The summed E-state index contributed by atoms with van der Waals surface area (Å²) in [5, 5.41) is 5.78. The number of carbonyl (C=O) groups is 4. The van der Waals surface area contributed by atoms with Crippen molar-refractivity contribution < 1.29 is 19.2 Å². The Morgan fingerprint density at radius 3 is 1.28 bits per heavy atom. The Labute approximate surface area is 233 Å². The molecule has 4 amide bonds. The lowest BCUT2D eigenvalue weighted by molar-refractivity contribution is -0.117. The van der Waals surface area contributed by atoms with Crippen LogP contribution in [-0.4, -0.2) is 59.6 Å². The highest BCUT2D eigenvalue weighted by atomic mass is 16.2. The summed E-state index contributed by atoms with van der Waals surface area (Å²) in [5.74, 6) is -0.209. The van der Waals surface area contributed by atoms with Crippen LogP contribution in [0.4, 0.5) is 11.4 Å². The topological polar surface area (TPSA) is 98.8 Å². The summed E-state index contributed by atoms with van der Waals surface area (Å²) in [6.07, 6.45) is 5.12. The van der Waals surface area contributed by atoms with Crippen LogP contribution in [-0.2, 0) is 9.59 Å². The van der Waals surface area contributed by atoms with E-state index in [1.807, 2.05) is 27.7 Å². The highest BCUT2D eigenvalue weighted by Crippen LogP contribution is 2.16. The second-order valence-electron chi connectivity index (χ2n) is 9.48. The summed E-state index contributed by atoms with van der Waals surface area (Å²) < 4.78 is 0. The monoisotopic (exact) mass is 536 g/mol. The molecule has 0 fully saturated rings. The van der Waals surface area contributed by atoms with Gasteiger partial charge in [0.25, 0.3) is 11.8 Å². The fraction of sp³-hybridized carbons (Fsp3) is 0.484. The SMILES string of the molecule is CCN(CC)C(=O)c1cccc(NC(=O)CCCCCCCC(=O)Nc2cccc(C(=O)N(CC)CC)c2)c1. The summed E-state index contributed by atoms with van der Waals surface area (Å²) in [6, 6.07) is 14.1. The van der Waals surface area contributed by atoms with Gasteiger partial charge in [0, 0.05) is 61.5 Å². The summed E-state index contributed by atoms with van der Waals surface area (Å²) >= 11 is 0. The van der Waals surface area contributed by atoms with Gasteiger partial charge in [-0.3, -0.25) is 19.2 Å². The lowest BCUT2D eigenvalue weighted by atomic mass is 10.1. The van der Waals surface area contributed by atoms with Crippen LogP contribution >= 0.6 is 0 Å². The normalized spacial score (nSPS) is 10.6. The number of nitrogens with zero attached hydrogens (tertiary/aromatic N) is 2. The Hall–Kier alpha value is -3.68. The molecule has 0 saturated heterocycles. The first kappa shape index (κ1) is 31.5. The van der Waals surface area contributed by atoms with Crippen LogP contribution < -0.4 is 10.6 Å². The van der Waals surface area contributed by atoms with Crippen molar-refractivity contribution in [1.29, 1.82) is 0 Å². The zero-order valence-corrected chi connectivity index (χ0v) is 23.9. The molecule has 0 aliphatic heterocycles. The number of anilines is 2. The first-order valence-corrected chi connectivity index (χ1v) is 14.2. The molecule has 2 N–H and O–H groups in total. The summed E-state index contributed by atoms with van der Waals surface area (Å²) in [4.78, 5) is 53.3. The minimum Gasteiger partial charge on any atom is -0.339 e. The second-order valence-corrected chi connectivity index (χ2v) is 9.48. The zero-order valence-electron chi connectivity index (χ0n) is 23.9. The van der Waals surface area contributed by atoms with Crippen molar-refractivity contribution >= 4 is 35.0 Å². The van der Waals surface area contributed by atoms with E-state index in [2.05, 4.69) is 10.6 Å². The number of hydrogen-bond acceptors (Lipinski definition) is 4. The Kier molecular flexibility index (Phi) is 13.8. The van der Waals surface area contributed by atoms with Gasteiger partial charge in [-0.1, -0.05) is 31.4 Å². The number of hydrogen-bond donors (Lipinski definition) is 2. The third-order valence-electron chi connectivity index (χ3n) is 6.70. The Balaban J connectivity index is 1.65. The van der Waals surface area contributed by atoms with Gasteiger partial charge in [-0.25, -0.2) is 0 Å². The average Bonchev–Trinajstić information content (AvgIpc) is 2.94. The van der Waals surface area contributed by atoms with E-state index in [4.69, 9.17) is 0 Å². The van der Waals surface area contributed by atoms with Crippen LogP contribution in [0.25, 0.3) is 0 Å². The smallest absolute Gasteiger partial charge is 0.253 e. The molecular weight excluding hydrogens is 492 g/mol. The lowest BCUT2D eigenvalue weighted by Crippen LogP contribution is -2.30. The Morgan fingerprint density at radius 2 is 0.923 bits per heavy atom. The number of benzene rings is 2. The first-order valence-electron chi connectivity index (χ1n) is 14.2. The van der Waals surface area contributed by atoms with E-state index in [1.54, 1.807) is 58.3 Å². The molecule has 212 valence electrons. The van der Waals surface area contributed by atoms with Gasteiger partial charge in [0.05, 0.1) is 0 Å². The maximum Gasteiger partial charge on any atom is 0.253 e. The van der Waals surface area contributed by atoms with Crippen LogP contribution in [0.2, 0.25) is 0 Å². The molecule has 0 radical (unpaired) electrons. The minimum atomic E-state index is -0.0662. The van der Waals surface area contributed by atoms with E-state index in [1.165, 1.54) is 0 Å². The molecule has 8 nitrogen and oxygen atoms in total. The van der Waals surface area contributed by atoms with Crippen molar-refractivity contribution in [2.75, 3.05) is 36.8 Å². The van der Waals surface area contributed by atoms with Gasteiger partial charge in [-0.05, 0) is 76.9 Å². The molecule has 2 rings (SSSR count). The van der Waals surface area contributed by atoms with Gasteiger partial charge >= 0.3 is 0 Å². The van der Waals surface area contributed by atoms with Crippen molar-refractivity contribution in [2.24, 2.45) is 0 Å². The third-order valence-corrected chi connectivity index (χ3v) is 6.70. The second kappa shape index (κ2) is 17.0. The minimum absolute atomic E-state index is 0.0383. The Bertz CT molecular complexity index is 1010. The van der Waals surface area contributed by atoms with Crippen molar-refractivity contribution in [1.82, 2.24) is 9.80 Å². The van der Waals surface area contributed by atoms with E-state index in [9.17, 15) is 19.2 Å². The number of amides is 4. The maximum atomic E-state index is 12.5. The van der Waals surface area contributed by atoms with Gasteiger partial charge in [0.1, 0.15) is 0 Å². The fourth-order valence-electron chi connectivity index (χ4n) is 4.40. The molecule has 39 heavy (non-hydrogen) atoms. The standard InChI is InChI=1S/C31H44N4O4/c1-5-34(6-2)30(38)24-16-14-18-26(22-24)32-28(36)20-12-10-9-11-13-21-29(37)33-27-19-15-17-25(23-27)31(39)35(7-3)8-4/h14-19,22-23H,5-13,20-21H2,1-4H3,(H,32,36)(H,33,37). The number of rotatable bonds is 16. The number of carbonyl (C=O) groups excluding carboxylic acids is 4. The molecule has 0 heterocycles. The highest BCUT2D eigenvalue weighted by Gasteiger charge is 2.14. The van der Waals surface area contributed by atoms with Gasteiger partial charge < -0.3 is 20.4 Å². The summed E-state index contributed by atoms with van der Waals surface area (Å²) in [6.45, 7) is 10.3. The number of unbranched alkanes of at least 4 members (excludes halogenated alkanes) is 4. The molecule has 2 aromatic carbocycles. The van der Waals surface area contributed by atoms with Crippen LogP contribution in [0.1, 0.15) is 93.4 Å². The van der Waals surface area contributed by atoms with Gasteiger partial charge in [-0.2, -0.15) is 0 Å². The summed E-state index contributed by atoms with van der Waals surface area (Å²) in [7, 11) is 0. The van der Waals surface area contributed by atoms with E-state index >= 15 is 0 Å². The lowest BCUT2D eigenvalue weighted by Gasteiger charge is -2.19. The van der Waals surface area contributed by atoms with Crippen LogP contribution in [0.15, 0.2) is 48.5 Å². The van der Waals surface area contributed by atoms with Crippen LogP contribution in [0.3, 0.4) is 0 Å². The highest BCUT2D eigenvalue weighted by molar-refractivity contribution is 5.98. The molecule has 0 bridgehead atoms. The third kappa shape index (κ3) is 10.5. The van der Waals surface area contributed by atoms with E-state index in [0.29, 0.717) is 61.5 Å². The van der Waals surface area contributed by atoms with E-state index in [-0.39, 0.29) is 23.6 Å². The Morgan fingerprint density at radius 1 is 0.564 bits per heavy atom. The van der Waals surface area contributed by atoms with Gasteiger partial charge in [0.15, 0.2) is 0 Å². The first-order chi connectivity index (χ1) is 18.8. The van der Waals surface area contributed by atoms with Crippen LogP contribution in [0.5, 0.6) is 0 Å². The van der Waals surface area contributed by atoms with Gasteiger partial charge in [0.2, 0.25) is 11.8 Å². The molecule has 8 heteroatoms. The molecule has 2 aromatic rings. The maximum absolute atomic E-state index is 12.5. The largest absolute Gasteiger partial charge is 0.339 e. The van der Waals surface area contributed by atoms with E-state index in [0.717, 1.165) is 32.1 Å². The van der Waals surface area contributed by atoms with E-state index < -0.39 is 0 Å². The molecule has 0 atom stereocenters. The van der Waals surface area contributed by atoms with Gasteiger partial charge in [-0.15, -0.1) is 0 Å². The number of nitrogens with one attached hydrogen (secondary N) is 2. The van der Waals surface area contributed by atoms with Crippen molar-refractivity contribution in [2.45, 2.75) is 72.6 Å².